The van der Waals surface area contributed by atoms with Crippen molar-refractivity contribution in [3.63, 3.8) is 0 Å². The van der Waals surface area contributed by atoms with E-state index in [0.29, 0.717) is 5.92 Å². The molecule has 1 aromatic carbocycles. The molecule has 0 fully saturated rings. The average Bonchev–Trinajstić information content (AvgIpc) is 2.66. The van der Waals surface area contributed by atoms with Crippen molar-refractivity contribution in [2.75, 3.05) is 6.54 Å². The Bertz CT molecular complexity index is 487. The third-order valence-corrected chi connectivity index (χ3v) is 3.30. The molecule has 0 amide bonds. The van der Waals surface area contributed by atoms with Gasteiger partial charge in [-0.2, -0.15) is 0 Å². The van der Waals surface area contributed by atoms with Crippen molar-refractivity contribution in [1.82, 2.24) is 9.55 Å². The monoisotopic (exact) mass is 201 g/mol. The third kappa shape index (κ3) is 1.35. The predicted octanol–water partition coefficient (Wildman–Crippen LogP) is 1.56. The maximum Gasteiger partial charge on any atom is 0.110 e. The first kappa shape index (κ1) is 8.92. The van der Waals surface area contributed by atoms with Crippen molar-refractivity contribution in [2.24, 2.45) is 11.7 Å². The van der Waals surface area contributed by atoms with Crippen LogP contribution in [0, 0.1) is 5.92 Å². The first-order valence-corrected chi connectivity index (χ1v) is 5.52. The van der Waals surface area contributed by atoms with Crippen molar-refractivity contribution in [1.29, 1.82) is 0 Å². The van der Waals surface area contributed by atoms with Crippen molar-refractivity contribution in [3.05, 3.63) is 30.1 Å². The molecule has 1 atom stereocenters. The molecule has 1 aliphatic rings. The van der Waals surface area contributed by atoms with Crippen molar-refractivity contribution < 1.29 is 0 Å². The Morgan fingerprint density at radius 2 is 2.27 bits per heavy atom. The fraction of sp³-hybridized carbons (Fsp3) is 0.417. The Hall–Kier alpha value is -1.35. The molecule has 0 saturated heterocycles. The van der Waals surface area contributed by atoms with Crippen LogP contribution in [0.15, 0.2) is 24.3 Å². The number of aryl methyl sites for hydroxylation is 1. The molecule has 15 heavy (non-hydrogen) atoms. The van der Waals surface area contributed by atoms with Crippen molar-refractivity contribution in [2.45, 2.75) is 19.4 Å². The summed E-state index contributed by atoms with van der Waals surface area (Å²) in [7, 11) is 0. The molecular formula is C12H15N3. The van der Waals surface area contributed by atoms with Gasteiger partial charge in [0, 0.05) is 13.0 Å². The Morgan fingerprint density at radius 1 is 1.40 bits per heavy atom. The molecule has 3 nitrogen and oxygen atoms in total. The van der Waals surface area contributed by atoms with Gasteiger partial charge in [-0.1, -0.05) is 12.1 Å². The Morgan fingerprint density at radius 3 is 3.13 bits per heavy atom. The van der Waals surface area contributed by atoms with Gasteiger partial charge in [-0.15, -0.1) is 0 Å². The summed E-state index contributed by atoms with van der Waals surface area (Å²) in [5.41, 5.74) is 8.10. The average molecular weight is 201 g/mol. The van der Waals surface area contributed by atoms with E-state index in [0.717, 1.165) is 25.0 Å². The predicted molar refractivity (Wildman–Crippen MR) is 60.6 cm³/mol. The minimum absolute atomic E-state index is 0.620. The highest BCUT2D eigenvalue weighted by Gasteiger charge is 2.20. The van der Waals surface area contributed by atoms with Crippen molar-refractivity contribution in [3.8, 4) is 0 Å². The Labute approximate surface area is 88.9 Å². The molecule has 0 aliphatic carbocycles. The van der Waals surface area contributed by atoms with Crippen LogP contribution >= 0.6 is 0 Å². The molecule has 0 saturated carbocycles. The highest BCUT2D eigenvalue weighted by Crippen LogP contribution is 2.24. The first-order chi connectivity index (χ1) is 7.38. The highest BCUT2D eigenvalue weighted by molar-refractivity contribution is 5.75. The van der Waals surface area contributed by atoms with E-state index in [4.69, 9.17) is 5.73 Å². The van der Waals surface area contributed by atoms with E-state index in [1.807, 2.05) is 6.07 Å². The number of hydrogen-bond acceptors (Lipinski definition) is 2. The molecular weight excluding hydrogens is 186 g/mol. The lowest BCUT2D eigenvalue weighted by molar-refractivity contribution is 0.395. The quantitative estimate of drug-likeness (QED) is 0.761. The van der Waals surface area contributed by atoms with Crippen LogP contribution in [-0.4, -0.2) is 16.1 Å². The van der Waals surface area contributed by atoms with Gasteiger partial charge in [-0.25, -0.2) is 4.98 Å². The molecule has 0 bridgehead atoms. The van der Waals surface area contributed by atoms with Crippen LogP contribution in [0.3, 0.4) is 0 Å². The van der Waals surface area contributed by atoms with Crippen molar-refractivity contribution >= 4 is 11.0 Å². The number of benzene rings is 1. The number of fused-ring (bicyclic) bond motifs is 3. The lowest BCUT2D eigenvalue weighted by Gasteiger charge is -2.22. The van der Waals surface area contributed by atoms with E-state index in [1.54, 1.807) is 0 Å². The molecule has 2 aromatic rings. The van der Waals surface area contributed by atoms with Crippen LogP contribution in [0.25, 0.3) is 11.0 Å². The zero-order chi connectivity index (χ0) is 10.3. The van der Waals surface area contributed by atoms with Gasteiger partial charge in [0.25, 0.3) is 0 Å². The normalized spacial score (nSPS) is 20.5. The summed E-state index contributed by atoms with van der Waals surface area (Å²) < 4.78 is 2.33. The number of para-hydroxylation sites is 2. The molecule has 0 spiro atoms. The molecule has 3 heteroatoms. The molecule has 0 radical (unpaired) electrons. The smallest absolute Gasteiger partial charge is 0.110 e. The number of nitrogens with two attached hydrogens (primary N) is 1. The Balaban J connectivity index is 2.12. The molecule has 2 N–H and O–H groups in total. The number of imidazole rings is 1. The number of hydrogen-bond donors (Lipinski definition) is 1. The topological polar surface area (TPSA) is 43.8 Å². The number of aromatic nitrogens is 2. The second kappa shape index (κ2) is 3.35. The van der Waals surface area contributed by atoms with Crippen LogP contribution in [0.5, 0.6) is 0 Å². The molecule has 3 rings (SSSR count). The van der Waals surface area contributed by atoms with Gasteiger partial charge < -0.3 is 10.3 Å². The van der Waals surface area contributed by atoms with E-state index in [9.17, 15) is 0 Å². The van der Waals surface area contributed by atoms with Crippen LogP contribution in [-0.2, 0) is 13.0 Å². The largest absolute Gasteiger partial charge is 0.330 e. The lowest BCUT2D eigenvalue weighted by Crippen LogP contribution is -2.25. The van der Waals surface area contributed by atoms with Crippen LogP contribution < -0.4 is 5.73 Å². The zero-order valence-corrected chi connectivity index (χ0v) is 8.69. The van der Waals surface area contributed by atoms with Gasteiger partial charge in [0.2, 0.25) is 0 Å². The van der Waals surface area contributed by atoms with Crippen LogP contribution in [0.4, 0.5) is 0 Å². The highest BCUT2D eigenvalue weighted by atomic mass is 15.1. The van der Waals surface area contributed by atoms with Gasteiger partial charge in [0.1, 0.15) is 5.82 Å². The summed E-state index contributed by atoms with van der Waals surface area (Å²) in [5, 5.41) is 0. The summed E-state index contributed by atoms with van der Waals surface area (Å²) in [6, 6.07) is 8.35. The fourth-order valence-corrected chi connectivity index (χ4v) is 2.40. The van der Waals surface area contributed by atoms with Gasteiger partial charge >= 0.3 is 0 Å². The van der Waals surface area contributed by atoms with E-state index >= 15 is 0 Å². The minimum atomic E-state index is 0.620. The van der Waals surface area contributed by atoms with Crippen LogP contribution in [0.2, 0.25) is 0 Å². The molecule has 1 unspecified atom stereocenters. The fourth-order valence-electron chi connectivity index (χ4n) is 2.40. The summed E-state index contributed by atoms with van der Waals surface area (Å²) >= 11 is 0. The second-order valence-electron chi connectivity index (χ2n) is 4.26. The summed E-state index contributed by atoms with van der Waals surface area (Å²) in [6.45, 7) is 1.85. The standard InChI is InChI=1S/C12H15N3/c13-8-9-5-6-15-11-4-2-1-3-10(11)14-12(15)7-9/h1-4,9H,5-8,13H2. The number of rotatable bonds is 1. The van der Waals surface area contributed by atoms with Crippen LogP contribution in [0.1, 0.15) is 12.2 Å². The first-order valence-electron chi connectivity index (χ1n) is 5.52. The zero-order valence-electron chi connectivity index (χ0n) is 8.69. The minimum Gasteiger partial charge on any atom is -0.330 e. The summed E-state index contributed by atoms with van der Waals surface area (Å²) in [5.74, 6) is 1.83. The second-order valence-corrected chi connectivity index (χ2v) is 4.26. The maximum atomic E-state index is 5.72. The van der Waals surface area contributed by atoms with Gasteiger partial charge in [0.05, 0.1) is 11.0 Å². The van der Waals surface area contributed by atoms with E-state index in [1.165, 1.54) is 17.8 Å². The molecule has 1 aliphatic heterocycles. The number of nitrogens with zero attached hydrogens (tertiary/aromatic N) is 2. The van der Waals surface area contributed by atoms with Gasteiger partial charge in [-0.3, -0.25) is 0 Å². The Kier molecular flexibility index (Phi) is 1.99. The molecule has 78 valence electrons. The summed E-state index contributed by atoms with van der Waals surface area (Å²) in [6.07, 6.45) is 2.22. The SMILES string of the molecule is NCC1CCn2c(nc3ccccc32)C1. The van der Waals surface area contributed by atoms with Gasteiger partial charge in [0.15, 0.2) is 0 Å². The third-order valence-electron chi connectivity index (χ3n) is 3.30. The molecule has 2 heterocycles. The van der Waals surface area contributed by atoms with E-state index in [2.05, 4.69) is 27.8 Å². The maximum absolute atomic E-state index is 5.72. The summed E-state index contributed by atoms with van der Waals surface area (Å²) in [4.78, 5) is 4.66. The van der Waals surface area contributed by atoms with E-state index in [-0.39, 0.29) is 0 Å². The molecule has 1 aromatic heterocycles. The lowest BCUT2D eigenvalue weighted by atomic mass is 9.98. The van der Waals surface area contributed by atoms with Gasteiger partial charge in [-0.05, 0) is 31.0 Å². The van der Waals surface area contributed by atoms with E-state index < -0.39 is 0 Å².